The second-order valence-corrected chi connectivity index (χ2v) is 6.78. The highest BCUT2D eigenvalue weighted by Crippen LogP contribution is 2.40. The van der Waals surface area contributed by atoms with E-state index in [1.54, 1.807) is 0 Å². The van der Waals surface area contributed by atoms with Gasteiger partial charge in [0.15, 0.2) is 0 Å². The minimum Gasteiger partial charge on any atom is -0.366 e. The van der Waals surface area contributed by atoms with Crippen LogP contribution in [0.15, 0.2) is 30.3 Å². The van der Waals surface area contributed by atoms with Crippen LogP contribution in [-0.2, 0) is 9.53 Å². The van der Waals surface area contributed by atoms with Crippen LogP contribution in [0.4, 0.5) is 0 Å². The fourth-order valence-electron chi connectivity index (χ4n) is 3.46. The number of carbonyl (C=O) groups excluding carboxylic acids is 1. The molecule has 3 nitrogen and oxygen atoms in total. The van der Waals surface area contributed by atoms with Crippen molar-refractivity contribution in [1.82, 2.24) is 4.90 Å². The van der Waals surface area contributed by atoms with Crippen LogP contribution in [0.5, 0.6) is 0 Å². The van der Waals surface area contributed by atoms with Crippen molar-refractivity contribution >= 4 is 5.91 Å². The first-order chi connectivity index (χ1) is 10.3. The smallest absolute Gasteiger partial charge is 0.225 e. The van der Waals surface area contributed by atoms with Crippen LogP contribution < -0.4 is 0 Å². The number of hydrogen-bond acceptors (Lipinski definition) is 2. The Hall–Kier alpha value is -1.35. The van der Waals surface area contributed by atoms with Gasteiger partial charge in [-0.2, -0.15) is 0 Å². The minimum absolute atomic E-state index is 0.0505. The summed E-state index contributed by atoms with van der Waals surface area (Å²) in [5, 5.41) is 0. The van der Waals surface area contributed by atoms with E-state index in [0.717, 1.165) is 25.9 Å². The van der Waals surface area contributed by atoms with E-state index >= 15 is 0 Å². The van der Waals surface area contributed by atoms with E-state index in [9.17, 15) is 4.79 Å². The predicted molar refractivity (Wildman–Crippen MR) is 80.7 cm³/mol. The van der Waals surface area contributed by atoms with E-state index in [0.29, 0.717) is 17.7 Å². The summed E-state index contributed by atoms with van der Waals surface area (Å²) >= 11 is 0. The van der Waals surface area contributed by atoms with Crippen molar-refractivity contribution in [2.75, 3.05) is 13.1 Å². The second kappa shape index (κ2) is 5.45. The lowest BCUT2D eigenvalue weighted by molar-refractivity contribution is -0.154. The molecule has 3 heteroatoms. The van der Waals surface area contributed by atoms with E-state index in [-0.39, 0.29) is 12.2 Å². The molecule has 2 aliphatic carbocycles. The molecule has 1 saturated heterocycles. The molecule has 3 aliphatic rings. The Labute approximate surface area is 126 Å². The Balaban J connectivity index is 1.52. The average Bonchev–Trinajstić information content (AvgIpc) is 3.30. The number of rotatable bonds is 3. The monoisotopic (exact) mass is 285 g/mol. The van der Waals surface area contributed by atoms with Crippen molar-refractivity contribution in [2.45, 2.75) is 44.3 Å². The first kappa shape index (κ1) is 13.3. The summed E-state index contributed by atoms with van der Waals surface area (Å²) in [4.78, 5) is 14.7. The Bertz CT molecular complexity index is 507. The molecule has 112 valence electrons. The van der Waals surface area contributed by atoms with Crippen LogP contribution in [0.2, 0.25) is 0 Å². The molecule has 0 aromatic heterocycles. The van der Waals surface area contributed by atoms with E-state index in [1.165, 1.54) is 24.8 Å². The molecule has 0 unspecified atom stereocenters. The number of benzene rings is 1. The predicted octanol–water partition coefficient (Wildman–Crippen LogP) is 3.17. The first-order valence-corrected chi connectivity index (χ1v) is 8.30. The number of morpholine rings is 1. The van der Waals surface area contributed by atoms with Crippen LogP contribution >= 0.6 is 0 Å². The highest BCUT2D eigenvalue weighted by molar-refractivity contribution is 5.79. The van der Waals surface area contributed by atoms with Crippen molar-refractivity contribution in [1.29, 1.82) is 0 Å². The summed E-state index contributed by atoms with van der Waals surface area (Å²) in [6, 6.07) is 10.4. The highest BCUT2D eigenvalue weighted by atomic mass is 16.5. The zero-order valence-corrected chi connectivity index (χ0v) is 12.4. The normalized spacial score (nSPS) is 30.0. The summed E-state index contributed by atoms with van der Waals surface area (Å²) in [6.45, 7) is 1.53. The summed E-state index contributed by atoms with van der Waals surface area (Å²) in [5.74, 6) is 1.34. The van der Waals surface area contributed by atoms with Gasteiger partial charge in [-0.15, -0.1) is 0 Å². The zero-order chi connectivity index (χ0) is 14.2. The first-order valence-electron chi connectivity index (χ1n) is 8.30. The molecular weight excluding hydrogens is 262 g/mol. The number of carbonyl (C=O) groups is 1. The zero-order valence-electron chi connectivity index (χ0n) is 12.4. The van der Waals surface area contributed by atoms with Crippen molar-refractivity contribution < 1.29 is 9.53 Å². The number of ether oxygens (including phenoxy) is 1. The van der Waals surface area contributed by atoms with Crippen LogP contribution in [0.3, 0.4) is 0 Å². The maximum absolute atomic E-state index is 12.6. The van der Waals surface area contributed by atoms with E-state index in [2.05, 4.69) is 29.2 Å². The van der Waals surface area contributed by atoms with Gasteiger partial charge in [-0.1, -0.05) is 36.8 Å². The number of nitrogens with zero attached hydrogens (tertiary/aromatic N) is 1. The SMILES string of the molecule is O=C(C1CCC1)N1C[C@@H](c2ccccc2)O[C@@H](C2CC2)C1. The Morgan fingerprint density at radius 2 is 1.81 bits per heavy atom. The maximum Gasteiger partial charge on any atom is 0.225 e. The van der Waals surface area contributed by atoms with Gasteiger partial charge in [0.2, 0.25) is 5.91 Å². The molecule has 4 rings (SSSR count). The van der Waals surface area contributed by atoms with Gasteiger partial charge >= 0.3 is 0 Å². The largest absolute Gasteiger partial charge is 0.366 e. The van der Waals surface area contributed by atoms with Crippen LogP contribution in [0.1, 0.15) is 43.8 Å². The van der Waals surface area contributed by atoms with Crippen LogP contribution in [0, 0.1) is 11.8 Å². The lowest BCUT2D eigenvalue weighted by Crippen LogP contribution is -2.50. The van der Waals surface area contributed by atoms with E-state index < -0.39 is 0 Å². The Kier molecular flexibility index (Phi) is 3.46. The van der Waals surface area contributed by atoms with Gasteiger partial charge in [-0.05, 0) is 37.2 Å². The molecule has 0 bridgehead atoms. The summed E-state index contributed by atoms with van der Waals surface area (Å²) in [7, 11) is 0. The standard InChI is InChI=1S/C18H23NO2/c20-18(15-7-4-8-15)19-11-16(13-5-2-1-3-6-13)21-17(12-19)14-9-10-14/h1-3,5-6,14-17H,4,7-12H2/t16-,17+/m0/s1. The van der Waals surface area contributed by atoms with Crippen molar-refractivity contribution in [3.05, 3.63) is 35.9 Å². The quantitative estimate of drug-likeness (QED) is 0.853. The second-order valence-electron chi connectivity index (χ2n) is 6.78. The summed E-state index contributed by atoms with van der Waals surface area (Å²) < 4.78 is 6.31. The molecule has 0 spiro atoms. The molecule has 0 radical (unpaired) electrons. The number of amides is 1. The molecule has 3 fully saturated rings. The molecule has 2 atom stereocenters. The van der Waals surface area contributed by atoms with Crippen molar-refractivity contribution in [2.24, 2.45) is 11.8 Å². The molecule has 1 aliphatic heterocycles. The topological polar surface area (TPSA) is 29.5 Å². The van der Waals surface area contributed by atoms with Gasteiger partial charge in [0.05, 0.1) is 12.6 Å². The van der Waals surface area contributed by atoms with E-state index in [4.69, 9.17) is 4.74 Å². The fraction of sp³-hybridized carbons (Fsp3) is 0.611. The molecule has 1 aromatic carbocycles. The Morgan fingerprint density at radius 3 is 2.43 bits per heavy atom. The molecule has 1 amide bonds. The van der Waals surface area contributed by atoms with Gasteiger partial charge in [0, 0.05) is 12.5 Å². The third kappa shape index (κ3) is 2.71. The molecule has 0 N–H and O–H groups in total. The fourth-order valence-corrected chi connectivity index (χ4v) is 3.46. The van der Waals surface area contributed by atoms with Crippen molar-refractivity contribution in [3.8, 4) is 0 Å². The van der Waals surface area contributed by atoms with Gasteiger partial charge in [-0.3, -0.25) is 4.79 Å². The summed E-state index contributed by atoms with van der Waals surface area (Å²) in [6.07, 6.45) is 6.20. The van der Waals surface area contributed by atoms with Gasteiger partial charge < -0.3 is 9.64 Å². The van der Waals surface area contributed by atoms with E-state index in [1.807, 2.05) is 6.07 Å². The Morgan fingerprint density at radius 1 is 1.05 bits per heavy atom. The molecule has 2 saturated carbocycles. The van der Waals surface area contributed by atoms with Gasteiger partial charge in [-0.25, -0.2) is 0 Å². The summed E-state index contributed by atoms with van der Waals surface area (Å²) in [5.41, 5.74) is 1.20. The third-order valence-electron chi connectivity index (χ3n) is 5.21. The number of hydrogen-bond donors (Lipinski definition) is 0. The van der Waals surface area contributed by atoms with Gasteiger partial charge in [0.1, 0.15) is 6.10 Å². The highest BCUT2D eigenvalue weighted by Gasteiger charge is 2.41. The van der Waals surface area contributed by atoms with Crippen LogP contribution in [-0.4, -0.2) is 30.0 Å². The van der Waals surface area contributed by atoms with Crippen molar-refractivity contribution in [3.63, 3.8) is 0 Å². The lowest BCUT2D eigenvalue weighted by Gasteiger charge is -2.41. The lowest BCUT2D eigenvalue weighted by atomic mass is 9.84. The molecule has 21 heavy (non-hydrogen) atoms. The van der Waals surface area contributed by atoms with Gasteiger partial charge in [0.25, 0.3) is 0 Å². The minimum atomic E-state index is 0.0505. The maximum atomic E-state index is 12.6. The third-order valence-corrected chi connectivity index (χ3v) is 5.21. The average molecular weight is 285 g/mol. The van der Waals surface area contributed by atoms with Crippen LogP contribution in [0.25, 0.3) is 0 Å². The molecular formula is C18H23NO2. The molecule has 1 heterocycles. The molecule has 1 aromatic rings.